The molecule has 0 saturated heterocycles. The Bertz CT molecular complexity index is 1140. The summed E-state index contributed by atoms with van der Waals surface area (Å²) in [7, 11) is 0. The van der Waals surface area contributed by atoms with Gasteiger partial charge in [-0.15, -0.1) is 11.3 Å². The minimum Gasteiger partial charge on any atom is -0.478 e. The average molecular weight is 386 g/mol. The van der Waals surface area contributed by atoms with Gasteiger partial charge >= 0.3 is 5.97 Å². The van der Waals surface area contributed by atoms with Crippen molar-refractivity contribution >= 4 is 46.8 Å². The molecule has 26 heavy (non-hydrogen) atoms. The van der Waals surface area contributed by atoms with Crippen LogP contribution in [0.3, 0.4) is 0 Å². The number of ketones is 1. The second kappa shape index (κ2) is 7.51. The summed E-state index contributed by atoms with van der Waals surface area (Å²) in [5.74, 6) is -1.25. The highest BCUT2D eigenvalue weighted by molar-refractivity contribution is 7.07. The van der Waals surface area contributed by atoms with E-state index in [2.05, 4.69) is 4.98 Å². The molecule has 130 valence electrons. The van der Waals surface area contributed by atoms with Crippen LogP contribution in [0, 0.1) is 0 Å². The first-order valence-corrected chi connectivity index (χ1v) is 8.68. The van der Waals surface area contributed by atoms with Gasteiger partial charge in [-0.2, -0.15) is 0 Å². The molecule has 3 aromatic rings. The zero-order valence-electron chi connectivity index (χ0n) is 13.2. The molecule has 0 saturated carbocycles. The largest absolute Gasteiger partial charge is 0.478 e. The third kappa shape index (κ3) is 4.17. The molecule has 3 rings (SSSR count). The van der Waals surface area contributed by atoms with Crippen LogP contribution in [0.4, 0.5) is 0 Å². The lowest BCUT2D eigenvalue weighted by Gasteiger charge is -1.94. The fourth-order valence-corrected chi connectivity index (χ4v) is 3.23. The Labute approximate surface area is 156 Å². The zero-order chi connectivity index (χ0) is 18.7. The van der Waals surface area contributed by atoms with Gasteiger partial charge in [0.1, 0.15) is 0 Å². The summed E-state index contributed by atoms with van der Waals surface area (Å²) < 4.78 is 0.853. The minimum atomic E-state index is -1.01. The topological polar surface area (TPSA) is 87.2 Å². The standard InChI is InChI=1S/C19H12ClNO4S/c20-14-7-5-12(6-8-14)15(22)10-17-21-18(23)16(26-17)9-11-1-3-13(4-2-11)19(24)25/h1-10H,(H,21,23)(H,24,25)/b16-9+,17-10-. The average Bonchev–Trinajstić information content (AvgIpc) is 2.95. The highest BCUT2D eigenvalue weighted by Gasteiger charge is 2.04. The molecule has 7 heteroatoms. The number of rotatable bonds is 4. The summed E-state index contributed by atoms with van der Waals surface area (Å²) in [6.07, 6.45) is 3.00. The lowest BCUT2D eigenvalue weighted by molar-refractivity contribution is 0.0696. The molecule has 1 heterocycles. The van der Waals surface area contributed by atoms with Crippen molar-refractivity contribution in [3.63, 3.8) is 0 Å². The van der Waals surface area contributed by atoms with Crippen LogP contribution < -0.4 is 14.8 Å². The van der Waals surface area contributed by atoms with Crippen molar-refractivity contribution in [3.8, 4) is 0 Å². The summed E-state index contributed by atoms with van der Waals surface area (Å²) in [6.45, 7) is 0. The smallest absolute Gasteiger partial charge is 0.335 e. The molecule has 0 radical (unpaired) electrons. The maximum Gasteiger partial charge on any atom is 0.335 e. The van der Waals surface area contributed by atoms with Gasteiger partial charge in [-0.3, -0.25) is 9.59 Å². The van der Waals surface area contributed by atoms with Gasteiger partial charge in [-0.1, -0.05) is 23.7 Å². The summed E-state index contributed by atoms with van der Waals surface area (Å²) in [4.78, 5) is 37.8. The summed E-state index contributed by atoms with van der Waals surface area (Å²) in [5, 5.41) is 9.44. The molecule has 2 aromatic carbocycles. The molecule has 0 amide bonds. The van der Waals surface area contributed by atoms with Crippen LogP contribution in [-0.2, 0) is 0 Å². The molecule has 0 spiro atoms. The van der Waals surface area contributed by atoms with Crippen molar-refractivity contribution in [2.24, 2.45) is 0 Å². The highest BCUT2D eigenvalue weighted by Crippen LogP contribution is 2.10. The van der Waals surface area contributed by atoms with E-state index < -0.39 is 5.97 Å². The molecule has 2 N–H and O–H groups in total. The number of thiazole rings is 1. The van der Waals surface area contributed by atoms with E-state index in [0.717, 1.165) is 11.3 Å². The lowest BCUT2D eigenvalue weighted by Crippen LogP contribution is -2.20. The van der Waals surface area contributed by atoms with E-state index in [9.17, 15) is 14.4 Å². The normalized spacial score (nSPS) is 12.3. The van der Waals surface area contributed by atoms with Gasteiger partial charge < -0.3 is 10.1 Å². The van der Waals surface area contributed by atoms with E-state index >= 15 is 0 Å². The molecule has 0 fully saturated rings. The lowest BCUT2D eigenvalue weighted by atomic mass is 10.1. The number of H-pyrrole nitrogens is 1. The van der Waals surface area contributed by atoms with Crippen molar-refractivity contribution in [1.29, 1.82) is 0 Å². The van der Waals surface area contributed by atoms with Gasteiger partial charge in [0.05, 0.1) is 14.8 Å². The second-order valence-corrected chi connectivity index (χ2v) is 6.89. The maximum absolute atomic E-state index is 12.2. The molecule has 0 bridgehead atoms. The number of nitrogens with one attached hydrogen (secondary N) is 1. The van der Waals surface area contributed by atoms with E-state index in [0.29, 0.717) is 25.3 Å². The molecule has 1 aromatic heterocycles. The van der Waals surface area contributed by atoms with E-state index in [1.165, 1.54) is 18.2 Å². The van der Waals surface area contributed by atoms with E-state index in [4.69, 9.17) is 16.7 Å². The third-order valence-corrected chi connectivity index (χ3v) is 4.74. The fourth-order valence-electron chi connectivity index (χ4n) is 2.21. The number of carbonyl (C=O) groups is 2. The molecule has 0 aliphatic carbocycles. The number of halogens is 1. The van der Waals surface area contributed by atoms with Gasteiger partial charge in [0, 0.05) is 16.7 Å². The van der Waals surface area contributed by atoms with Crippen LogP contribution in [0.25, 0.3) is 12.2 Å². The Morgan fingerprint density at radius 2 is 1.62 bits per heavy atom. The van der Waals surface area contributed by atoms with Gasteiger partial charge in [0.25, 0.3) is 5.56 Å². The van der Waals surface area contributed by atoms with E-state index in [-0.39, 0.29) is 16.9 Å². The predicted octanol–water partition coefficient (Wildman–Crippen LogP) is 2.28. The number of aromatic carboxylic acids is 1. The second-order valence-electron chi connectivity index (χ2n) is 5.37. The number of carbonyl (C=O) groups excluding carboxylic acids is 1. The maximum atomic E-state index is 12.2. The Morgan fingerprint density at radius 1 is 1.00 bits per heavy atom. The van der Waals surface area contributed by atoms with Gasteiger partial charge in [-0.05, 0) is 48.0 Å². The molecule has 0 unspecified atom stereocenters. The minimum absolute atomic E-state index is 0.171. The van der Waals surface area contributed by atoms with Crippen molar-refractivity contribution in [2.75, 3.05) is 0 Å². The van der Waals surface area contributed by atoms with Crippen LogP contribution >= 0.6 is 22.9 Å². The number of hydrogen-bond acceptors (Lipinski definition) is 4. The quantitative estimate of drug-likeness (QED) is 0.674. The number of carboxylic acid groups (broad SMARTS) is 1. The summed E-state index contributed by atoms with van der Waals surface area (Å²) in [6, 6.07) is 12.6. The molecule has 0 aliphatic rings. The van der Waals surface area contributed by atoms with Crippen LogP contribution in [0.15, 0.2) is 53.3 Å². The van der Waals surface area contributed by atoms with Crippen LogP contribution in [0.5, 0.6) is 0 Å². The third-order valence-electron chi connectivity index (χ3n) is 3.53. The Kier molecular flexibility index (Phi) is 5.16. The number of carboxylic acids is 1. The SMILES string of the molecule is O=C(O)c1ccc(/C=c2/s/c(=C\C(=O)c3ccc(Cl)cc3)[nH]c2=O)cc1. The number of aromatic amines is 1. The van der Waals surface area contributed by atoms with Gasteiger partial charge in [0.15, 0.2) is 5.78 Å². The first kappa shape index (κ1) is 17.8. The molecule has 5 nitrogen and oxygen atoms in total. The first-order valence-electron chi connectivity index (χ1n) is 7.48. The zero-order valence-corrected chi connectivity index (χ0v) is 14.8. The number of benzene rings is 2. The molecule has 0 atom stereocenters. The fraction of sp³-hybridized carbons (Fsp3) is 0. The highest BCUT2D eigenvalue weighted by atomic mass is 35.5. The first-order chi connectivity index (χ1) is 12.4. The predicted molar refractivity (Wildman–Crippen MR) is 101 cm³/mol. The van der Waals surface area contributed by atoms with E-state index in [1.54, 1.807) is 42.5 Å². The van der Waals surface area contributed by atoms with E-state index in [1.807, 2.05) is 0 Å². The Hall–Kier alpha value is -2.96. The van der Waals surface area contributed by atoms with Crippen molar-refractivity contribution in [3.05, 3.63) is 89.8 Å². The van der Waals surface area contributed by atoms with Gasteiger partial charge in [-0.25, -0.2) is 4.79 Å². The molecule has 0 aliphatic heterocycles. The summed E-state index contributed by atoms with van der Waals surface area (Å²) in [5.41, 5.74) is 1.02. The number of aromatic nitrogens is 1. The number of Topliss-reactive ketones (excluding diaryl/α,β-unsaturated/α-hetero) is 1. The molecular weight excluding hydrogens is 374 g/mol. The van der Waals surface area contributed by atoms with Crippen molar-refractivity contribution < 1.29 is 14.7 Å². The molecular formula is C19H12ClNO4S. The van der Waals surface area contributed by atoms with Crippen molar-refractivity contribution in [1.82, 2.24) is 4.98 Å². The van der Waals surface area contributed by atoms with Crippen LogP contribution in [0.1, 0.15) is 26.3 Å². The number of hydrogen-bond donors (Lipinski definition) is 2. The Morgan fingerprint density at radius 3 is 2.23 bits per heavy atom. The van der Waals surface area contributed by atoms with Crippen molar-refractivity contribution in [2.45, 2.75) is 0 Å². The van der Waals surface area contributed by atoms with Gasteiger partial charge in [0.2, 0.25) is 0 Å². The van der Waals surface area contributed by atoms with Crippen LogP contribution in [-0.4, -0.2) is 21.8 Å². The monoisotopic (exact) mass is 385 g/mol. The van der Waals surface area contributed by atoms with Crippen LogP contribution in [0.2, 0.25) is 5.02 Å². The Balaban J connectivity index is 1.93. The summed E-state index contributed by atoms with van der Waals surface area (Å²) >= 11 is 6.95.